The molecule has 9 heteroatoms. The number of nitro benzene ring substituents is 1. The second kappa shape index (κ2) is 9.19. The zero-order chi connectivity index (χ0) is 21.7. The molecule has 0 amide bonds. The number of nitro groups is 1. The van der Waals surface area contributed by atoms with E-state index < -0.39 is 22.3 Å². The average molecular weight is 423 g/mol. The van der Waals surface area contributed by atoms with Crippen molar-refractivity contribution in [3.8, 4) is 0 Å². The molecule has 1 aromatic heterocycles. The predicted octanol–water partition coefficient (Wildman–Crippen LogP) is 4.53. The number of benzene rings is 2. The number of rotatable bonds is 7. The first-order chi connectivity index (χ1) is 14.3. The van der Waals surface area contributed by atoms with Crippen LogP contribution in [0.2, 0.25) is 0 Å². The number of halogens is 1. The molecule has 0 aliphatic heterocycles. The van der Waals surface area contributed by atoms with Gasteiger partial charge in [0, 0.05) is 24.0 Å². The molecule has 30 heavy (non-hydrogen) atoms. The summed E-state index contributed by atoms with van der Waals surface area (Å²) in [6.45, 7) is 1.22. The molecule has 0 N–H and O–H groups in total. The first kappa shape index (κ1) is 21.0. The Hall–Kier alpha value is -3.72. The summed E-state index contributed by atoms with van der Waals surface area (Å²) in [6.07, 6.45) is 4.34. The van der Waals surface area contributed by atoms with Crippen molar-refractivity contribution < 1.29 is 18.9 Å². The zero-order valence-corrected chi connectivity index (χ0v) is 16.4. The highest BCUT2D eigenvalue weighted by molar-refractivity contribution is 7.99. The quantitative estimate of drug-likeness (QED) is 0.105. The number of allylic oxidation sites excluding steroid dienone is 1. The van der Waals surface area contributed by atoms with Gasteiger partial charge in [-0.05, 0) is 66.7 Å². The van der Waals surface area contributed by atoms with Crippen molar-refractivity contribution in [1.29, 1.82) is 0 Å². The topological polar surface area (TPSA) is 103 Å². The van der Waals surface area contributed by atoms with Crippen LogP contribution < -0.4 is 0 Å². The summed E-state index contributed by atoms with van der Waals surface area (Å²) in [5.41, 5.74) is 0.0717. The van der Waals surface area contributed by atoms with Crippen molar-refractivity contribution in [1.82, 2.24) is 9.97 Å². The molecule has 7 nitrogen and oxygen atoms in total. The molecule has 0 saturated heterocycles. The van der Waals surface area contributed by atoms with E-state index in [2.05, 4.69) is 9.97 Å². The van der Waals surface area contributed by atoms with Crippen LogP contribution in [0.1, 0.15) is 22.8 Å². The number of carbonyl (C=O) groups excluding carboxylic acids is 2. The molecule has 2 aromatic carbocycles. The van der Waals surface area contributed by atoms with Crippen LogP contribution in [0, 0.1) is 15.9 Å². The van der Waals surface area contributed by atoms with Gasteiger partial charge in [-0.25, -0.2) is 14.4 Å². The lowest BCUT2D eigenvalue weighted by molar-refractivity contribution is -0.387. The van der Waals surface area contributed by atoms with Crippen molar-refractivity contribution in [2.75, 3.05) is 0 Å². The van der Waals surface area contributed by atoms with Gasteiger partial charge in [0.25, 0.3) is 5.69 Å². The smallest absolute Gasteiger partial charge is 0.283 e. The van der Waals surface area contributed by atoms with Crippen molar-refractivity contribution in [2.24, 2.45) is 0 Å². The van der Waals surface area contributed by atoms with Crippen molar-refractivity contribution >= 4 is 35.1 Å². The van der Waals surface area contributed by atoms with Gasteiger partial charge in [0.05, 0.1) is 15.4 Å². The molecule has 0 fully saturated rings. The fourth-order valence-electron chi connectivity index (χ4n) is 2.54. The van der Waals surface area contributed by atoms with E-state index in [1.807, 2.05) is 0 Å². The molecule has 0 spiro atoms. The maximum Gasteiger partial charge on any atom is 0.283 e. The Kier molecular flexibility index (Phi) is 6.43. The highest BCUT2D eigenvalue weighted by Gasteiger charge is 2.20. The minimum absolute atomic E-state index is 0.140. The molecular formula is C21H14FN3O4S. The monoisotopic (exact) mass is 423 g/mol. The van der Waals surface area contributed by atoms with Gasteiger partial charge in [0.15, 0.2) is 16.7 Å². The minimum atomic E-state index is -0.596. The van der Waals surface area contributed by atoms with E-state index in [1.54, 1.807) is 12.1 Å². The number of Topliss-reactive ketones (excluding diaryl/α,β-unsaturated/α-hetero) is 2. The summed E-state index contributed by atoms with van der Waals surface area (Å²) in [4.78, 5) is 44.1. The number of aromatic nitrogens is 2. The molecule has 3 aromatic rings. The van der Waals surface area contributed by atoms with Crippen LogP contribution in [0.5, 0.6) is 0 Å². The minimum Gasteiger partial charge on any atom is -0.294 e. The Balaban J connectivity index is 1.98. The highest BCUT2D eigenvalue weighted by atomic mass is 32.2. The van der Waals surface area contributed by atoms with Gasteiger partial charge >= 0.3 is 0 Å². The lowest BCUT2D eigenvalue weighted by atomic mass is 9.98. The molecule has 0 saturated carbocycles. The fourth-order valence-corrected chi connectivity index (χ4v) is 3.34. The molecule has 0 atom stereocenters. The summed E-state index contributed by atoms with van der Waals surface area (Å²) < 4.78 is 13.1. The summed E-state index contributed by atoms with van der Waals surface area (Å²) in [6, 6.07) is 10.7. The number of nitrogens with zero attached hydrogens (tertiary/aromatic N) is 3. The van der Waals surface area contributed by atoms with E-state index in [9.17, 15) is 24.1 Å². The highest BCUT2D eigenvalue weighted by Crippen LogP contribution is 2.34. The van der Waals surface area contributed by atoms with E-state index in [4.69, 9.17) is 0 Å². The van der Waals surface area contributed by atoms with Crippen molar-refractivity contribution in [3.05, 3.63) is 93.6 Å². The summed E-state index contributed by atoms with van der Waals surface area (Å²) >= 11 is 1.03. The van der Waals surface area contributed by atoms with Gasteiger partial charge in [-0.1, -0.05) is 6.07 Å². The lowest BCUT2D eigenvalue weighted by Crippen LogP contribution is -2.10. The summed E-state index contributed by atoms with van der Waals surface area (Å²) in [5.74, 6) is -1.62. The van der Waals surface area contributed by atoms with Gasteiger partial charge < -0.3 is 0 Å². The second-order valence-corrected chi connectivity index (χ2v) is 7.08. The van der Waals surface area contributed by atoms with Gasteiger partial charge in [0.1, 0.15) is 5.82 Å². The summed E-state index contributed by atoms with van der Waals surface area (Å²) in [5, 5.41) is 11.9. The Labute approximate surface area is 174 Å². The molecule has 150 valence electrons. The van der Waals surface area contributed by atoms with Crippen molar-refractivity contribution in [3.63, 3.8) is 0 Å². The second-order valence-electron chi connectivity index (χ2n) is 6.07. The van der Waals surface area contributed by atoms with Crippen molar-refractivity contribution in [2.45, 2.75) is 17.0 Å². The number of carbonyl (C=O) groups is 2. The first-order valence-electron chi connectivity index (χ1n) is 8.61. The van der Waals surface area contributed by atoms with Crippen LogP contribution in [0.15, 0.2) is 76.5 Å². The van der Waals surface area contributed by atoms with Crippen LogP contribution in [0.4, 0.5) is 10.1 Å². The molecule has 0 unspecified atom stereocenters. The SMILES string of the molecule is CC(=O)/C(=C\c1ccc(Sc2ncccn2)c([N+](=O)[O-])c1)C(=O)c1ccc(F)cc1. The third kappa shape index (κ3) is 5.00. The van der Waals surface area contributed by atoms with E-state index >= 15 is 0 Å². The number of ketones is 2. The Morgan fingerprint density at radius 2 is 1.77 bits per heavy atom. The molecule has 0 radical (unpaired) electrons. The Morgan fingerprint density at radius 3 is 2.37 bits per heavy atom. The Bertz CT molecular complexity index is 1150. The maximum atomic E-state index is 13.1. The van der Waals surface area contributed by atoms with Crippen LogP contribution in [0.3, 0.4) is 0 Å². The van der Waals surface area contributed by atoms with Gasteiger partial charge in [-0.15, -0.1) is 0 Å². The van der Waals surface area contributed by atoms with Crippen LogP contribution >= 0.6 is 11.8 Å². The number of hydrogen-bond donors (Lipinski definition) is 0. The van der Waals surface area contributed by atoms with Crippen LogP contribution in [-0.2, 0) is 4.79 Å². The molecular weight excluding hydrogens is 409 g/mol. The average Bonchev–Trinajstić information content (AvgIpc) is 2.73. The molecule has 0 bridgehead atoms. The van der Waals surface area contributed by atoms with E-state index in [0.29, 0.717) is 15.6 Å². The molecule has 0 aliphatic rings. The van der Waals surface area contributed by atoms with E-state index in [-0.39, 0.29) is 16.8 Å². The first-order valence-corrected chi connectivity index (χ1v) is 9.43. The largest absolute Gasteiger partial charge is 0.294 e. The Morgan fingerprint density at radius 1 is 1.10 bits per heavy atom. The normalized spacial score (nSPS) is 11.2. The fraction of sp³-hybridized carbons (Fsp3) is 0.0476. The van der Waals surface area contributed by atoms with Gasteiger partial charge in [-0.2, -0.15) is 0 Å². The third-order valence-electron chi connectivity index (χ3n) is 3.96. The maximum absolute atomic E-state index is 13.1. The molecule has 1 heterocycles. The van der Waals surface area contributed by atoms with E-state index in [1.165, 1.54) is 49.7 Å². The van der Waals surface area contributed by atoms with Crippen LogP contribution in [0.25, 0.3) is 6.08 Å². The van der Waals surface area contributed by atoms with Gasteiger partial charge in [-0.3, -0.25) is 19.7 Å². The molecule has 3 rings (SSSR count). The van der Waals surface area contributed by atoms with Gasteiger partial charge in [0.2, 0.25) is 0 Å². The summed E-state index contributed by atoms with van der Waals surface area (Å²) in [7, 11) is 0. The number of hydrogen-bond acceptors (Lipinski definition) is 7. The predicted molar refractivity (Wildman–Crippen MR) is 109 cm³/mol. The van der Waals surface area contributed by atoms with E-state index in [0.717, 1.165) is 23.9 Å². The standard InChI is InChI=1S/C21H14FN3O4S/c1-13(26)17(20(27)15-4-6-16(22)7-5-15)11-14-3-8-19(18(12-14)25(28)29)30-21-23-9-2-10-24-21/h2-12H,1H3/b17-11+. The lowest BCUT2D eigenvalue weighted by Gasteiger charge is -2.06. The third-order valence-corrected chi connectivity index (χ3v) is 4.92. The zero-order valence-electron chi connectivity index (χ0n) is 15.6. The van der Waals surface area contributed by atoms with Crippen LogP contribution in [-0.4, -0.2) is 26.5 Å². The molecule has 0 aliphatic carbocycles.